The summed E-state index contributed by atoms with van der Waals surface area (Å²) in [4.78, 5) is 17.3. The Morgan fingerprint density at radius 3 is 2.62 bits per heavy atom. The van der Waals surface area contributed by atoms with Crippen LogP contribution in [0.1, 0.15) is 23.1 Å². The number of para-hydroxylation sites is 1. The first-order valence-electron chi connectivity index (χ1n) is 13.2. The Bertz CT molecular complexity index is 1510. The van der Waals surface area contributed by atoms with Crippen LogP contribution in [-0.2, 0) is 18.4 Å². The molecule has 4 aromatic rings. The van der Waals surface area contributed by atoms with Crippen molar-refractivity contribution in [2.75, 3.05) is 39.7 Å². The molecule has 1 aromatic heterocycles. The van der Waals surface area contributed by atoms with Crippen LogP contribution in [0.3, 0.4) is 0 Å². The van der Waals surface area contributed by atoms with E-state index in [4.69, 9.17) is 14.2 Å². The molecular formula is C31H33FN4O4. The molecule has 3 aromatic carbocycles. The number of hydrogen-bond acceptors (Lipinski definition) is 6. The van der Waals surface area contributed by atoms with E-state index >= 15 is 0 Å². The predicted molar refractivity (Wildman–Crippen MR) is 153 cm³/mol. The van der Waals surface area contributed by atoms with Gasteiger partial charge in [-0.25, -0.2) is 9.18 Å². The highest BCUT2D eigenvalue weighted by molar-refractivity contribution is 6.00. The summed E-state index contributed by atoms with van der Waals surface area (Å²) in [5.41, 5.74) is 3.72. The van der Waals surface area contributed by atoms with Crippen LogP contribution in [0.15, 0.2) is 66.9 Å². The zero-order valence-electron chi connectivity index (χ0n) is 22.8. The molecule has 0 saturated heterocycles. The molecule has 0 saturated carbocycles. The summed E-state index contributed by atoms with van der Waals surface area (Å²) >= 11 is 0. The second kappa shape index (κ2) is 11.8. The fraction of sp³-hybridized carbons (Fsp3) is 0.290. The van der Waals surface area contributed by atoms with Crippen LogP contribution in [0.2, 0.25) is 0 Å². The predicted octanol–water partition coefficient (Wildman–Crippen LogP) is 5.20. The Morgan fingerprint density at radius 2 is 1.85 bits per heavy atom. The van der Waals surface area contributed by atoms with Crippen molar-refractivity contribution in [2.45, 2.75) is 24.8 Å². The van der Waals surface area contributed by atoms with Gasteiger partial charge < -0.3 is 30.2 Å². The Kier molecular flexibility index (Phi) is 8.02. The number of urea groups is 1. The van der Waals surface area contributed by atoms with Crippen molar-refractivity contribution in [1.29, 1.82) is 0 Å². The summed E-state index contributed by atoms with van der Waals surface area (Å²) in [5.74, 6) is 1.17. The molecule has 2 amide bonds. The molecule has 40 heavy (non-hydrogen) atoms. The molecule has 208 valence electrons. The zero-order valence-corrected chi connectivity index (χ0v) is 22.8. The number of fused-ring (bicyclic) bond motifs is 2. The minimum absolute atomic E-state index is 0.194. The molecule has 0 bridgehead atoms. The van der Waals surface area contributed by atoms with Crippen molar-refractivity contribution in [3.63, 3.8) is 0 Å². The topological polar surface area (TPSA) is 93.7 Å². The van der Waals surface area contributed by atoms with Crippen LogP contribution in [-0.4, -0.2) is 45.4 Å². The lowest BCUT2D eigenvalue weighted by Gasteiger charge is -2.42. The molecule has 0 spiro atoms. The van der Waals surface area contributed by atoms with Crippen molar-refractivity contribution in [3.8, 4) is 17.2 Å². The van der Waals surface area contributed by atoms with Crippen LogP contribution in [0, 0.1) is 5.82 Å². The molecule has 2 heterocycles. The van der Waals surface area contributed by atoms with Crippen LogP contribution >= 0.6 is 0 Å². The van der Waals surface area contributed by atoms with Crippen molar-refractivity contribution in [2.24, 2.45) is 0 Å². The highest BCUT2D eigenvalue weighted by Crippen LogP contribution is 2.43. The molecule has 8 nitrogen and oxygen atoms in total. The number of carbonyl (C=O) groups excluding carboxylic acids is 1. The number of nitrogens with one attached hydrogen (secondary N) is 3. The molecule has 1 unspecified atom stereocenters. The molecule has 0 aliphatic carbocycles. The van der Waals surface area contributed by atoms with Gasteiger partial charge in [0.2, 0.25) is 0 Å². The van der Waals surface area contributed by atoms with Gasteiger partial charge in [0, 0.05) is 36.3 Å². The fourth-order valence-electron chi connectivity index (χ4n) is 5.57. The molecular weight excluding hydrogens is 511 g/mol. The second-order valence-electron chi connectivity index (χ2n) is 9.77. The molecule has 9 heteroatoms. The summed E-state index contributed by atoms with van der Waals surface area (Å²) in [6.07, 6.45) is 3.46. The smallest absolute Gasteiger partial charge is 0.319 e. The molecule has 1 aliphatic rings. The minimum atomic E-state index is -0.636. The lowest BCUT2D eigenvalue weighted by Crippen LogP contribution is -2.51. The van der Waals surface area contributed by atoms with E-state index in [1.807, 2.05) is 42.5 Å². The van der Waals surface area contributed by atoms with Crippen LogP contribution in [0.25, 0.3) is 10.9 Å². The van der Waals surface area contributed by atoms with Crippen LogP contribution < -0.4 is 30.2 Å². The maximum Gasteiger partial charge on any atom is 0.319 e. The van der Waals surface area contributed by atoms with Gasteiger partial charge in [-0.05, 0) is 60.7 Å². The van der Waals surface area contributed by atoms with Crippen molar-refractivity contribution in [1.82, 2.24) is 15.6 Å². The Morgan fingerprint density at radius 1 is 1.02 bits per heavy atom. The number of methoxy groups -OCH3 is 3. The van der Waals surface area contributed by atoms with Gasteiger partial charge in [0.1, 0.15) is 11.5 Å². The number of ether oxygens (including phenoxy) is 3. The molecule has 0 radical (unpaired) electrons. The van der Waals surface area contributed by atoms with E-state index in [1.54, 1.807) is 32.5 Å². The summed E-state index contributed by atoms with van der Waals surface area (Å²) in [6.45, 7) is 1.06. The van der Waals surface area contributed by atoms with Gasteiger partial charge in [-0.15, -0.1) is 0 Å². The summed E-state index contributed by atoms with van der Waals surface area (Å²) < 4.78 is 31.2. The van der Waals surface area contributed by atoms with Gasteiger partial charge in [0.15, 0.2) is 11.6 Å². The third kappa shape index (κ3) is 5.51. The normalized spacial score (nSPS) is 16.2. The largest absolute Gasteiger partial charge is 0.497 e. The minimum Gasteiger partial charge on any atom is -0.497 e. The van der Waals surface area contributed by atoms with E-state index in [-0.39, 0.29) is 11.8 Å². The lowest BCUT2D eigenvalue weighted by molar-refractivity contribution is 0.245. The number of benzene rings is 3. The Labute approximate surface area is 232 Å². The lowest BCUT2D eigenvalue weighted by atomic mass is 9.75. The number of aromatic nitrogens is 1. The van der Waals surface area contributed by atoms with E-state index in [0.717, 1.165) is 34.0 Å². The van der Waals surface area contributed by atoms with Crippen molar-refractivity contribution in [3.05, 3.63) is 89.4 Å². The van der Waals surface area contributed by atoms with Gasteiger partial charge in [0.05, 0.1) is 38.1 Å². The number of nitrogens with zero attached hydrogens (tertiary/aromatic N) is 1. The van der Waals surface area contributed by atoms with Gasteiger partial charge in [0.25, 0.3) is 0 Å². The molecule has 1 aliphatic heterocycles. The maximum absolute atomic E-state index is 14.7. The molecule has 1 atom stereocenters. The van der Waals surface area contributed by atoms with E-state index in [2.05, 4.69) is 20.9 Å². The molecule has 0 fully saturated rings. The summed E-state index contributed by atoms with van der Waals surface area (Å²) in [7, 11) is 4.71. The number of carbonyl (C=O) groups is 1. The first kappa shape index (κ1) is 27.2. The fourth-order valence-corrected chi connectivity index (χ4v) is 5.57. The standard InChI is InChI=1S/C31H33FN4O4/c1-38-22-17-21-10-14-35-31(29(21)28(18-22)40-3,19-20-8-9-27(39-2)24(32)16-20)12-15-34-30(37)36-26-11-13-33-25-7-5-4-6-23(25)26/h4-9,11,13,16-18,35H,10,12,14-15,19H2,1-3H3,(H2,33,34,36,37). The molecule has 5 rings (SSSR count). The highest BCUT2D eigenvalue weighted by Gasteiger charge is 2.39. The van der Waals surface area contributed by atoms with E-state index in [1.165, 1.54) is 13.2 Å². The van der Waals surface area contributed by atoms with Gasteiger partial charge in [-0.3, -0.25) is 4.98 Å². The van der Waals surface area contributed by atoms with Gasteiger partial charge >= 0.3 is 6.03 Å². The number of halogens is 1. The molecule has 3 N–H and O–H groups in total. The number of rotatable bonds is 9. The summed E-state index contributed by atoms with van der Waals surface area (Å²) in [5, 5.41) is 10.5. The first-order valence-corrected chi connectivity index (χ1v) is 13.2. The number of hydrogen-bond donors (Lipinski definition) is 3. The Balaban J connectivity index is 1.42. The van der Waals surface area contributed by atoms with E-state index in [0.29, 0.717) is 43.1 Å². The zero-order chi connectivity index (χ0) is 28.1. The number of anilines is 1. The number of amides is 2. The number of pyridine rings is 1. The summed E-state index contributed by atoms with van der Waals surface area (Å²) in [6, 6.07) is 18.0. The van der Waals surface area contributed by atoms with Crippen LogP contribution in [0.4, 0.5) is 14.9 Å². The van der Waals surface area contributed by atoms with Crippen molar-refractivity contribution < 1.29 is 23.4 Å². The van der Waals surface area contributed by atoms with Crippen molar-refractivity contribution >= 4 is 22.6 Å². The average molecular weight is 545 g/mol. The quantitative estimate of drug-likeness (QED) is 0.268. The average Bonchev–Trinajstić information content (AvgIpc) is 2.97. The van der Waals surface area contributed by atoms with Crippen LogP contribution in [0.5, 0.6) is 17.2 Å². The third-order valence-electron chi connectivity index (χ3n) is 7.41. The Hall–Kier alpha value is -4.37. The third-order valence-corrected chi connectivity index (χ3v) is 7.41. The second-order valence-corrected chi connectivity index (χ2v) is 9.77. The monoisotopic (exact) mass is 544 g/mol. The van der Waals surface area contributed by atoms with E-state index in [9.17, 15) is 9.18 Å². The highest BCUT2D eigenvalue weighted by atomic mass is 19.1. The first-order chi connectivity index (χ1) is 19.5. The van der Waals surface area contributed by atoms with Gasteiger partial charge in [-0.2, -0.15) is 0 Å². The maximum atomic E-state index is 14.7. The SMILES string of the molecule is COc1cc2c(c(OC)c1)C(CCNC(=O)Nc1ccnc3ccccc13)(Cc1ccc(OC)c(F)c1)NCC2. The van der Waals surface area contributed by atoms with E-state index < -0.39 is 11.4 Å². The van der Waals surface area contributed by atoms with Gasteiger partial charge in [-0.1, -0.05) is 24.3 Å².